The molecule has 0 aromatic carbocycles. The zero-order chi connectivity index (χ0) is 13.4. The van der Waals surface area contributed by atoms with Crippen molar-refractivity contribution in [3.63, 3.8) is 0 Å². The first kappa shape index (κ1) is 16.1. The van der Waals surface area contributed by atoms with Gasteiger partial charge in [-0.05, 0) is 62.6 Å². The summed E-state index contributed by atoms with van der Waals surface area (Å²) in [5, 5.41) is 5.61. The predicted molar refractivity (Wildman–Crippen MR) is 84.4 cm³/mol. The molecule has 0 radical (unpaired) electrons. The smallest absolute Gasteiger partial charge is 0.0300 e. The Kier molecular flexibility index (Phi) is 8.10. The van der Waals surface area contributed by atoms with Crippen LogP contribution >= 0.6 is 27.3 Å². The Bertz CT molecular complexity index is 328. The van der Waals surface area contributed by atoms with Gasteiger partial charge >= 0.3 is 0 Å². The fourth-order valence-corrected chi connectivity index (χ4v) is 3.12. The van der Waals surface area contributed by atoms with Gasteiger partial charge in [0.2, 0.25) is 0 Å². The zero-order valence-corrected chi connectivity index (χ0v) is 14.0. The highest BCUT2D eigenvalue weighted by Crippen LogP contribution is 2.19. The molecule has 0 fully saturated rings. The van der Waals surface area contributed by atoms with Crippen LogP contribution in [-0.2, 0) is 6.54 Å². The molecule has 3 nitrogen and oxygen atoms in total. The lowest BCUT2D eigenvalue weighted by atomic mass is 10.3. The van der Waals surface area contributed by atoms with E-state index in [0.29, 0.717) is 0 Å². The van der Waals surface area contributed by atoms with Crippen molar-refractivity contribution >= 4 is 27.3 Å². The van der Waals surface area contributed by atoms with Crippen LogP contribution in [0.3, 0.4) is 0 Å². The van der Waals surface area contributed by atoms with E-state index in [0.717, 1.165) is 19.6 Å². The van der Waals surface area contributed by atoms with Gasteiger partial charge in [-0.1, -0.05) is 0 Å². The number of hydrogen-bond acceptors (Lipinski definition) is 4. The molecule has 1 aromatic heterocycles. The molecule has 0 spiro atoms. The van der Waals surface area contributed by atoms with Crippen molar-refractivity contribution in [1.82, 2.24) is 15.1 Å². The Labute approximate surface area is 123 Å². The maximum absolute atomic E-state index is 3.48. The van der Waals surface area contributed by atoms with Gasteiger partial charge in [-0.2, -0.15) is 0 Å². The molecule has 0 saturated heterocycles. The van der Waals surface area contributed by atoms with Crippen molar-refractivity contribution in [1.29, 1.82) is 0 Å². The molecule has 18 heavy (non-hydrogen) atoms. The average Bonchev–Trinajstić information content (AvgIpc) is 2.70. The lowest BCUT2D eigenvalue weighted by Gasteiger charge is -2.18. The highest BCUT2D eigenvalue weighted by molar-refractivity contribution is 9.10. The molecule has 1 heterocycles. The Balaban J connectivity index is 2.00. The van der Waals surface area contributed by atoms with Crippen LogP contribution in [0.2, 0.25) is 0 Å². The van der Waals surface area contributed by atoms with Crippen LogP contribution in [0.25, 0.3) is 0 Å². The summed E-state index contributed by atoms with van der Waals surface area (Å²) in [6.45, 7) is 5.47. The second-order valence-corrected chi connectivity index (χ2v) is 6.78. The number of halogens is 1. The second kappa shape index (κ2) is 9.04. The van der Waals surface area contributed by atoms with Gasteiger partial charge < -0.3 is 15.1 Å². The fourth-order valence-electron chi connectivity index (χ4n) is 1.70. The first-order chi connectivity index (χ1) is 8.58. The third kappa shape index (κ3) is 7.48. The largest absolute Gasteiger partial charge is 0.311 e. The molecule has 1 rings (SSSR count). The number of rotatable bonds is 9. The summed E-state index contributed by atoms with van der Waals surface area (Å²) >= 11 is 5.27. The summed E-state index contributed by atoms with van der Waals surface area (Å²) in [6, 6.07) is 2.18. The van der Waals surface area contributed by atoms with E-state index in [1.165, 1.54) is 28.9 Å². The second-order valence-electron chi connectivity index (χ2n) is 4.87. The van der Waals surface area contributed by atoms with Crippen molar-refractivity contribution in [2.75, 3.05) is 47.3 Å². The van der Waals surface area contributed by atoms with Crippen molar-refractivity contribution in [2.45, 2.75) is 13.0 Å². The standard InChI is InChI=1S/C13H24BrN3S/c1-16(2)6-4-7-17(3)8-5-15-10-13-9-12(14)11-18-13/h9,11,15H,4-8,10H2,1-3H3. The molecule has 5 heteroatoms. The van der Waals surface area contributed by atoms with Crippen LogP contribution in [-0.4, -0.2) is 57.1 Å². The van der Waals surface area contributed by atoms with Gasteiger partial charge in [0.15, 0.2) is 0 Å². The summed E-state index contributed by atoms with van der Waals surface area (Å²) in [5.74, 6) is 0. The van der Waals surface area contributed by atoms with Crippen LogP contribution < -0.4 is 5.32 Å². The highest BCUT2D eigenvalue weighted by atomic mass is 79.9. The Morgan fingerprint density at radius 3 is 2.61 bits per heavy atom. The summed E-state index contributed by atoms with van der Waals surface area (Å²) in [6.07, 6.45) is 1.24. The van der Waals surface area contributed by atoms with Gasteiger partial charge in [-0.3, -0.25) is 0 Å². The molecule has 0 saturated carbocycles. The summed E-state index contributed by atoms with van der Waals surface area (Å²) in [5.41, 5.74) is 0. The van der Waals surface area contributed by atoms with Crippen LogP contribution in [0, 0.1) is 0 Å². The van der Waals surface area contributed by atoms with Crippen molar-refractivity contribution in [2.24, 2.45) is 0 Å². The molecular weight excluding hydrogens is 310 g/mol. The van der Waals surface area contributed by atoms with Crippen molar-refractivity contribution in [3.8, 4) is 0 Å². The van der Waals surface area contributed by atoms with Gasteiger partial charge in [-0.15, -0.1) is 11.3 Å². The molecule has 1 aromatic rings. The molecule has 0 bridgehead atoms. The Hall–Kier alpha value is 0.0600. The van der Waals surface area contributed by atoms with E-state index < -0.39 is 0 Å². The number of likely N-dealkylation sites (N-methyl/N-ethyl adjacent to an activating group) is 1. The lowest BCUT2D eigenvalue weighted by Crippen LogP contribution is -2.30. The number of nitrogens with one attached hydrogen (secondary N) is 1. The Morgan fingerprint density at radius 1 is 1.22 bits per heavy atom. The van der Waals surface area contributed by atoms with E-state index in [9.17, 15) is 0 Å². The molecule has 0 amide bonds. The molecule has 0 unspecified atom stereocenters. The SMILES string of the molecule is CN(C)CCCN(C)CCNCc1cc(Br)cs1. The van der Waals surface area contributed by atoms with Crippen molar-refractivity contribution < 1.29 is 0 Å². The van der Waals surface area contributed by atoms with E-state index in [1.54, 1.807) is 11.3 Å². The van der Waals surface area contributed by atoms with Gasteiger partial charge in [-0.25, -0.2) is 0 Å². The van der Waals surface area contributed by atoms with E-state index >= 15 is 0 Å². The fraction of sp³-hybridized carbons (Fsp3) is 0.692. The van der Waals surface area contributed by atoms with E-state index in [4.69, 9.17) is 0 Å². The highest BCUT2D eigenvalue weighted by Gasteiger charge is 2.00. The maximum atomic E-state index is 3.48. The minimum Gasteiger partial charge on any atom is -0.311 e. The summed E-state index contributed by atoms with van der Waals surface area (Å²) in [7, 11) is 6.44. The summed E-state index contributed by atoms with van der Waals surface area (Å²) < 4.78 is 1.19. The zero-order valence-electron chi connectivity index (χ0n) is 11.6. The first-order valence-electron chi connectivity index (χ1n) is 6.35. The van der Waals surface area contributed by atoms with E-state index in [-0.39, 0.29) is 0 Å². The van der Waals surface area contributed by atoms with Gasteiger partial charge in [0.05, 0.1) is 0 Å². The first-order valence-corrected chi connectivity index (χ1v) is 8.02. The van der Waals surface area contributed by atoms with E-state index in [2.05, 4.69) is 63.6 Å². The molecule has 0 aliphatic heterocycles. The number of hydrogen-bond donors (Lipinski definition) is 1. The quantitative estimate of drug-likeness (QED) is 0.700. The molecule has 104 valence electrons. The average molecular weight is 334 g/mol. The van der Waals surface area contributed by atoms with Gasteiger partial charge in [0, 0.05) is 34.4 Å². The Morgan fingerprint density at radius 2 is 2.00 bits per heavy atom. The van der Waals surface area contributed by atoms with Crippen LogP contribution in [0.4, 0.5) is 0 Å². The van der Waals surface area contributed by atoms with Crippen LogP contribution in [0.5, 0.6) is 0 Å². The minimum atomic E-state index is 0.974. The predicted octanol–water partition coefficient (Wildman–Crippen LogP) is 2.48. The maximum Gasteiger partial charge on any atom is 0.0300 e. The minimum absolute atomic E-state index is 0.974. The van der Waals surface area contributed by atoms with Crippen LogP contribution in [0.1, 0.15) is 11.3 Å². The third-order valence-corrected chi connectivity index (χ3v) is 4.43. The molecule has 1 N–H and O–H groups in total. The van der Waals surface area contributed by atoms with Gasteiger partial charge in [0.1, 0.15) is 0 Å². The van der Waals surface area contributed by atoms with Crippen molar-refractivity contribution in [3.05, 3.63) is 20.8 Å². The van der Waals surface area contributed by atoms with Gasteiger partial charge in [0.25, 0.3) is 0 Å². The lowest BCUT2D eigenvalue weighted by molar-refractivity contribution is 0.299. The molecule has 0 atom stereocenters. The number of nitrogens with zero attached hydrogens (tertiary/aromatic N) is 2. The monoisotopic (exact) mass is 333 g/mol. The molecule has 0 aliphatic carbocycles. The van der Waals surface area contributed by atoms with E-state index in [1.807, 2.05) is 0 Å². The molecular formula is C13H24BrN3S. The summed E-state index contributed by atoms with van der Waals surface area (Å²) in [4.78, 5) is 6.01. The topological polar surface area (TPSA) is 18.5 Å². The third-order valence-electron chi connectivity index (χ3n) is 2.74. The normalized spacial score (nSPS) is 11.7. The number of thiophene rings is 1. The van der Waals surface area contributed by atoms with Crippen LogP contribution in [0.15, 0.2) is 15.9 Å². The molecule has 0 aliphatic rings.